The van der Waals surface area contributed by atoms with Gasteiger partial charge in [-0.25, -0.2) is 13.2 Å². The molecule has 0 radical (unpaired) electrons. The zero-order valence-electron chi connectivity index (χ0n) is 12.7. The molecule has 0 saturated heterocycles. The number of hydrogen-bond acceptors (Lipinski definition) is 4. The van der Waals surface area contributed by atoms with Crippen LogP contribution in [0.5, 0.6) is 5.75 Å². The van der Waals surface area contributed by atoms with E-state index in [2.05, 4.69) is 4.72 Å². The van der Waals surface area contributed by atoms with Crippen molar-refractivity contribution in [3.8, 4) is 5.75 Å². The van der Waals surface area contributed by atoms with Gasteiger partial charge in [0.25, 0.3) is 10.0 Å². The van der Waals surface area contributed by atoms with Crippen molar-refractivity contribution in [1.29, 1.82) is 0 Å². The van der Waals surface area contributed by atoms with Gasteiger partial charge in [-0.3, -0.25) is 4.72 Å². The van der Waals surface area contributed by atoms with Gasteiger partial charge in [0.05, 0.1) is 23.3 Å². The Labute approximate surface area is 134 Å². The second kappa shape index (κ2) is 6.70. The maximum absolute atomic E-state index is 12.5. The van der Waals surface area contributed by atoms with Crippen LogP contribution in [0, 0.1) is 0 Å². The van der Waals surface area contributed by atoms with Gasteiger partial charge in [-0.2, -0.15) is 0 Å². The molecule has 2 N–H and O–H groups in total. The average molecular weight is 335 g/mol. The number of benzene rings is 2. The lowest BCUT2D eigenvalue weighted by molar-refractivity contribution is 0.0698. The molecular formula is C16H17NO5S. The molecule has 0 spiro atoms. The fourth-order valence-electron chi connectivity index (χ4n) is 2.16. The Hall–Kier alpha value is -2.54. The van der Waals surface area contributed by atoms with E-state index in [1.54, 1.807) is 12.1 Å². The number of hydrogen-bond donors (Lipinski definition) is 2. The van der Waals surface area contributed by atoms with E-state index in [0.29, 0.717) is 12.2 Å². The molecule has 6 nitrogen and oxygen atoms in total. The zero-order chi connectivity index (χ0) is 17.0. The number of carboxylic acids is 1. The zero-order valence-corrected chi connectivity index (χ0v) is 13.6. The smallest absolute Gasteiger partial charge is 0.337 e. The third-order valence-electron chi connectivity index (χ3n) is 3.34. The first-order chi connectivity index (χ1) is 10.9. The molecule has 0 aliphatic rings. The number of carbonyl (C=O) groups is 1. The van der Waals surface area contributed by atoms with E-state index in [1.165, 1.54) is 37.4 Å². The van der Waals surface area contributed by atoms with E-state index in [0.717, 1.165) is 5.56 Å². The summed E-state index contributed by atoms with van der Waals surface area (Å²) in [4.78, 5) is 11.2. The number of aryl methyl sites for hydroxylation is 1. The van der Waals surface area contributed by atoms with Crippen molar-refractivity contribution in [3.05, 3.63) is 53.6 Å². The van der Waals surface area contributed by atoms with Gasteiger partial charge in [0.1, 0.15) is 5.75 Å². The summed E-state index contributed by atoms with van der Waals surface area (Å²) in [5, 5.41) is 9.13. The molecule has 0 aromatic heterocycles. The van der Waals surface area contributed by atoms with Crippen LogP contribution in [0.1, 0.15) is 22.8 Å². The van der Waals surface area contributed by atoms with E-state index < -0.39 is 16.0 Å². The summed E-state index contributed by atoms with van der Waals surface area (Å²) in [6.45, 7) is 1.89. The molecule has 0 aliphatic heterocycles. The third kappa shape index (κ3) is 3.62. The highest BCUT2D eigenvalue weighted by Crippen LogP contribution is 2.25. The van der Waals surface area contributed by atoms with Crippen molar-refractivity contribution in [3.63, 3.8) is 0 Å². The number of methoxy groups -OCH3 is 1. The van der Waals surface area contributed by atoms with Gasteiger partial charge >= 0.3 is 5.97 Å². The summed E-state index contributed by atoms with van der Waals surface area (Å²) in [7, 11) is -2.38. The highest BCUT2D eigenvalue weighted by molar-refractivity contribution is 7.92. The van der Waals surface area contributed by atoms with Crippen LogP contribution in [-0.2, 0) is 16.4 Å². The minimum absolute atomic E-state index is 0.0221. The Bertz CT molecular complexity index is 830. The number of sulfonamides is 1. The van der Waals surface area contributed by atoms with Gasteiger partial charge in [-0.15, -0.1) is 0 Å². The van der Waals surface area contributed by atoms with Gasteiger partial charge in [0, 0.05) is 0 Å². The maximum atomic E-state index is 12.5. The fourth-order valence-corrected chi connectivity index (χ4v) is 3.29. The van der Waals surface area contributed by atoms with Crippen LogP contribution >= 0.6 is 0 Å². The summed E-state index contributed by atoms with van der Waals surface area (Å²) in [5.41, 5.74) is 0.663. The van der Waals surface area contributed by atoms with Crippen LogP contribution in [0.15, 0.2) is 47.4 Å². The van der Waals surface area contributed by atoms with Crippen molar-refractivity contribution in [1.82, 2.24) is 0 Å². The van der Waals surface area contributed by atoms with E-state index in [-0.39, 0.29) is 16.1 Å². The molecule has 0 bridgehead atoms. The van der Waals surface area contributed by atoms with E-state index in [1.807, 2.05) is 6.92 Å². The second-order valence-corrected chi connectivity index (χ2v) is 6.47. The third-order valence-corrected chi connectivity index (χ3v) is 4.71. The molecule has 2 aromatic rings. The summed E-state index contributed by atoms with van der Waals surface area (Å²) >= 11 is 0. The topological polar surface area (TPSA) is 92.7 Å². The number of ether oxygens (including phenoxy) is 1. The molecular weight excluding hydrogens is 318 g/mol. The molecule has 2 rings (SSSR count). The molecule has 0 unspecified atom stereocenters. The number of rotatable bonds is 6. The van der Waals surface area contributed by atoms with Gasteiger partial charge in [0.15, 0.2) is 0 Å². The van der Waals surface area contributed by atoms with Gasteiger partial charge in [-0.05, 0) is 42.3 Å². The quantitative estimate of drug-likeness (QED) is 0.847. The molecule has 0 heterocycles. The SMILES string of the molecule is CCc1cc(S(=O)(=O)Nc2ccccc2C(=O)O)ccc1OC. The first kappa shape index (κ1) is 16.8. The minimum Gasteiger partial charge on any atom is -0.496 e. The van der Waals surface area contributed by atoms with E-state index in [9.17, 15) is 13.2 Å². The fraction of sp³-hybridized carbons (Fsp3) is 0.188. The Morgan fingerprint density at radius 3 is 2.52 bits per heavy atom. The molecule has 23 heavy (non-hydrogen) atoms. The number of anilines is 1. The standard InChI is InChI=1S/C16H17NO5S/c1-3-11-10-12(8-9-15(11)22-2)23(20,21)17-14-7-5-4-6-13(14)16(18)19/h4-10,17H,3H2,1-2H3,(H,18,19). The normalized spacial score (nSPS) is 11.0. The number of nitrogens with one attached hydrogen (secondary N) is 1. The van der Waals surface area contributed by atoms with Crippen molar-refractivity contribution >= 4 is 21.7 Å². The van der Waals surface area contributed by atoms with Crippen LogP contribution in [0.2, 0.25) is 0 Å². The van der Waals surface area contributed by atoms with Crippen molar-refractivity contribution in [2.45, 2.75) is 18.2 Å². The highest BCUT2D eigenvalue weighted by Gasteiger charge is 2.19. The van der Waals surface area contributed by atoms with E-state index in [4.69, 9.17) is 9.84 Å². The molecule has 0 aliphatic carbocycles. The van der Waals surface area contributed by atoms with Gasteiger partial charge < -0.3 is 9.84 Å². The molecule has 2 aromatic carbocycles. The Morgan fingerprint density at radius 2 is 1.91 bits per heavy atom. The predicted octanol–water partition coefficient (Wildman–Crippen LogP) is 2.76. The average Bonchev–Trinajstić information content (AvgIpc) is 2.54. The van der Waals surface area contributed by atoms with Crippen LogP contribution in [0.4, 0.5) is 5.69 Å². The van der Waals surface area contributed by atoms with Crippen molar-refractivity contribution in [2.24, 2.45) is 0 Å². The molecule has 7 heteroatoms. The van der Waals surface area contributed by atoms with Crippen LogP contribution in [-0.4, -0.2) is 26.6 Å². The van der Waals surface area contributed by atoms with Crippen LogP contribution in [0.25, 0.3) is 0 Å². The van der Waals surface area contributed by atoms with Gasteiger partial charge in [-0.1, -0.05) is 19.1 Å². The molecule has 0 amide bonds. The highest BCUT2D eigenvalue weighted by atomic mass is 32.2. The summed E-state index contributed by atoms with van der Waals surface area (Å²) < 4.78 is 32.5. The molecule has 0 saturated carbocycles. The molecule has 0 atom stereocenters. The lowest BCUT2D eigenvalue weighted by Gasteiger charge is -2.13. The summed E-state index contributed by atoms with van der Waals surface area (Å²) in [6.07, 6.45) is 0.609. The van der Waals surface area contributed by atoms with E-state index >= 15 is 0 Å². The van der Waals surface area contributed by atoms with Crippen LogP contribution in [0.3, 0.4) is 0 Å². The first-order valence-corrected chi connectivity index (χ1v) is 8.39. The molecule has 122 valence electrons. The summed E-state index contributed by atoms with van der Waals surface area (Å²) in [5.74, 6) is -0.593. The second-order valence-electron chi connectivity index (χ2n) is 4.78. The number of carboxylic acid groups (broad SMARTS) is 1. The number of aromatic carboxylic acids is 1. The van der Waals surface area contributed by atoms with Crippen molar-refractivity contribution < 1.29 is 23.1 Å². The molecule has 0 fully saturated rings. The first-order valence-electron chi connectivity index (χ1n) is 6.91. The summed E-state index contributed by atoms with van der Waals surface area (Å²) in [6, 6.07) is 10.4. The Balaban J connectivity index is 2.42. The van der Waals surface area contributed by atoms with Gasteiger partial charge in [0.2, 0.25) is 0 Å². The maximum Gasteiger partial charge on any atom is 0.337 e. The largest absolute Gasteiger partial charge is 0.496 e. The predicted molar refractivity (Wildman–Crippen MR) is 86.6 cm³/mol. The Morgan fingerprint density at radius 1 is 1.22 bits per heavy atom. The number of para-hydroxylation sites is 1. The Kier molecular flexibility index (Phi) is 4.90. The van der Waals surface area contributed by atoms with Crippen LogP contribution < -0.4 is 9.46 Å². The lowest BCUT2D eigenvalue weighted by Crippen LogP contribution is -2.15. The minimum atomic E-state index is -3.90. The monoisotopic (exact) mass is 335 g/mol. The van der Waals surface area contributed by atoms with Crippen molar-refractivity contribution in [2.75, 3.05) is 11.8 Å². The lowest BCUT2D eigenvalue weighted by atomic mass is 10.1.